The van der Waals surface area contributed by atoms with Crippen LogP contribution >= 0.6 is 0 Å². The molecule has 0 rings (SSSR count). The van der Waals surface area contributed by atoms with Crippen molar-refractivity contribution < 1.29 is 17.7 Å². The Labute approximate surface area is 138 Å². The highest BCUT2D eigenvalue weighted by molar-refractivity contribution is 6.66. The van der Waals surface area contributed by atoms with Gasteiger partial charge < -0.3 is 28.3 Å². The van der Waals surface area contributed by atoms with Gasteiger partial charge in [-0.2, -0.15) is 0 Å². The summed E-state index contributed by atoms with van der Waals surface area (Å²) in [5.74, 6) is 0. The first-order valence-corrected chi connectivity index (χ1v) is 13.1. The molecule has 0 aliphatic carbocycles. The van der Waals surface area contributed by atoms with E-state index in [9.17, 15) is 0 Å². The predicted molar refractivity (Wildman–Crippen MR) is 95.9 cm³/mol. The molecule has 0 fully saturated rings. The van der Waals surface area contributed by atoms with Crippen LogP contribution in [0.5, 0.6) is 0 Å². The van der Waals surface area contributed by atoms with Crippen LogP contribution in [0.15, 0.2) is 0 Å². The SMILES string of the molecule is CO[Si](C)(CCCNCCNCCC[Si](C)(OC)OC)OC. The van der Waals surface area contributed by atoms with E-state index >= 15 is 0 Å². The van der Waals surface area contributed by atoms with E-state index in [4.69, 9.17) is 17.7 Å². The van der Waals surface area contributed by atoms with Crippen molar-refractivity contribution in [2.45, 2.75) is 38.0 Å². The maximum atomic E-state index is 5.46. The first-order chi connectivity index (χ1) is 10.4. The summed E-state index contributed by atoms with van der Waals surface area (Å²) in [6.07, 6.45) is 2.19. The molecule has 0 unspecified atom stereocenters. The van der Waals surface area contributed by atoms with Crippen molar-refractivity contribution >= 4 is 17.1 Å². The Morgan fingerprint density at radius 2 is 0.909 bits per heavy atom. The van der Waals surface area contributed by atoms with Crippen molar-refractivity contribution in [2.75, 3.05) is 54.6 Å². The fourth-order valence-corrected chi connectivity index (χ4v) is 4.86. The third-order valence-corrected chi connectivity index (χ3v) is 10.2. The van der Waals surface area contributed by atoms with Gasteiger partial charge in [-0.3, -0.25) is 0 Å². The number of hydrogen-bond acceptors (Lipinski definition) is 6. The van der Waals surface area contributed by atoms with E-state index in [1.54, 1.807) is 28.4 Å². The summed E-state index contributed by atoms with van der Waals surface area (Å²) < 4.78 is 21.9. The lowest BCUT2D eigenvalue weighted by atomic mass is 10.4. The predicted octanol–water partition coefficient (Wildman–Crippen LogP) is 1.68. The standard InChI is InChI=1S/C14H36N2O4Si2/c1-17-21(5,18-2)13-7-9-15-11-12-16-10-8-14-22(6,19-3)20-4/h15-16H,7-14H2,1-6H3. The zero-order valence-corrected chi connectivity index (χ0v) is 17.3. The van der Waals surface area contributed by atoms with Crippen LogP contribution in [-0.4, -0.2) is 71.7 Å². The van der Waals surface area contributed by atoms with Crippen LogP contribution in [0.1, 0.15) is 12.8 Å². The Balaban J connectivity index is 3.41. The van der Waals surface area contributed by atoms with Crippen LogP contribution in [0.3, 0.4) is 0 Å². The molecule has 0 aliphatic rings. The van der Waals surface area contributed by atoms with E-state index in [1.807, 2.05) is 0 Å². The largest absolute Gasteiger partial charge is 0.398 e. The molecule has 2 N–H and O–H groups in total. The number of hydrogen-bond donors (Lipinski definition) is 2. The van der Waals surface area contributed by atoms with Gasteiger partial charge in [-0.1, -0.05) is 0 Å². The Kier molecular flexibility index (Phi) is 12.7. The second-order valence-electron chi connectivity index (χ2n) is 5.79. The Morgan fingerprint density at radius 1 is 0.591 bits per heavy atom. The Hall–Kier alpha value is 0.194. The van der Waals surface area contributed by atoms with E-state index in [1.165, 1.54) is 0 Å². The van der Waals surface area contributed by atoms with Gasteiger partial charge in [0.2, 0.25) is 0 Å². The van der Waals surface area contributed by atoms with Crippen LogP contribution in [-0.2, 0) is 17.7 Å². The van der Waals surface area contributed by atoms with E-state index in [0.717, 1.165) is 51.1 Å². The summed E-state index contributed by atoms with van der Waals surface area (Å²) in [5.41, 5.74) is 0. The molecular weight excluding hydrogens is 316 g/mol. The third kappa shape index (κ3) is 10.1. The first-order valence-electron chi connectivity index (χ1n) is 8.07. The molecule has 0 aromatic carbocycles. The first kappa shape index (κ1) is 22.2. The highest BCUT2D eigenvalue weighted by Gasteiger charge is 2.28. The van der Waals surface area contributed by atoms with Gasteiger partial charge >= 0.3 is 17.1 Å². The zero-order chi connectivity index (χ0) is 16.9. The lowest BCUT2D eigenvalue weighted by Crippen LogP contribution is -2.37. The van der Waals surface area contributed by atoms with Gasteiger partial charge in [-0.25, -0.2) is 0 Å². The van der Waals surface area contributed by atoms with E-state index in [0.29, 0.717) is 0 Å². The average Bonchev–Trinajstić information content (AvgIpc) is 2.56. The van der Waals surface area contributed by atoms with Gasteiger partial charge in [-0.15, -0.1) is 0 Å². The molecule has 22 heavy (non-hydrogen) atoms. The monoisotopic (exact) mass is 352 g/mol. The lowest BCUT2D eigenvalue weighted by Gasteiger charge is -2.22. The molecule has 0 amide bonds. The summed E-state index contributed by atoms with van der Waals surface area (Å²) >= 11 is 0. The van der Waals surface area contributed by atoms with E-state index < -0.39 is 17.1 Å². The molecule has 8 heteroatoms. The van der Waals surface area contributed by atoms with Crippen molar-refractivity contribution in [3.05, 3.63) is 0 Å². The average molecular weight is 353 g/mol. The van der Waals surface area contributed by atoms with Crippen LogP contribution in [0, 0.1) is 0 Å². The van der Waals surface area contributed by atoms with Crippen molar-refractivity contribution in [3.8, 4) is 0 Å². The molecule has 0 heterocycles. The van der Waals surface area contributed by atoms with Crippen LogP contribution in [0.4, 0.5) is 0 Å². The normalized spacial score (nSPS) is 12.8. The maximum absolute atomic E-state index is 5.46. The van der Waals surface area contributed by atoms with Gasteiger partial charge in [0.05, 0.1) is 0 Å². The summed E-state index contributed by atoms with van der Waals surface area (Å²) in [6, 6.07) is 2.05. The van der Waals surface area contributed by atoms with Crippen molar-refractivity contribution in [1.82, 2.24) is 10.6 Å². The molecule has 0 spiro atoms. The topological polar surface area (TPSA) is 61.0 Å². The highest BCUT2D eigenvalue weighted by Crippen LogP contribution is 2.13. The van der Waals surface area contributed by atoms with Gasteiger partial charge in [0, 0.05) is 41.5 Å². The van der Waals surface area contributed by atoms with Crippen LogP contribution < -0.4 is 10.6 Å². The molecule has 0 radical (unpaired) electrons. The number of rotatable bonds is 15. The third-order valence-electron chi connectivity index (χ3n) is 4.17. The van der Waals surface area contributed by atoms with Crippen LogP contribution in [0.25, 0.3) is 0 Å². The maximum Gasteiger partial charge on any atom is 0.334 e. The molecule has 0 saturated heterocycles. The van der Waals surface area contributed by atoms with Gasteiger partial charge in [-0.05, 0) is 51.1 Å². The minimum Gasteiger partial charge on any atom is -0.398 e. The molecular formula is C14H36N2O4Si2. The second-order valence-corrected chi connectivity index (χ2v) is 13.0. The van der Waals surface area contributed by atoms with Gasteiger partial charge in [0.1, 0.15) is 0 Å². The summed E-state index contributed by atoms with van der Waals surface area (Å²) in [7, 11) is 3.21. The zero-order valence-electron chi connectivity index (χ0n) is 15.3. The highest BCUT2D eigenvalue weighted by atomic mass is 28.4. The van der Waals surface area contributed by atoms with Crippen LogP contribution in [0.2, 0.25) is 25.2 Å². The minimum atomic E-state index is -1.88. The molecule has 134 valence electrons. The summed E-state index contributed by atoms with van der Waals surface area (Å²) in [4.78, 5) is 0. The fourth-order valence-electron chi connectivity index (χ4n) is 2.07. The van der Waals surface area contributed by atoms with Gasteiger partial charge in [0.25, 0.3) is 0 Å². The lowest BCUT2D eigenvalue weighted by molar-refractivity contribution is 0.248. The molecule has 0 aliphatic heterocycles. The Morgan fingerprint density at radius 3 is 1.18 bits per heavy atom. The Bertz CT molecular complexity index is 239. The summed E-state index contributed by atoms with van der Waals surface area (Å²) in [6.45, 7) is 8.20. The molecule has 0 atom stereocenters. The quantitative estimate of drug-likeness (QED) is 0.345. The van der Waals surface area contributed by atoms with Crippen molar-refractivity contribution in [2.24, 2.45) is 0 Å². The number of nitrogens with one attached hydrogen (secondary N) is 2. The second kappa shape index (κ2) is 12.6. The molecule has 0 aromatic rings. The molecule has 0 saturated carbocycles. The van der Waals surface area contributed by atoms with Crippen molar-refractivity contribution in [3.63, 3.8) is 0 Å². The van der Waals surface area contributed by atoms with E-state index in [-0.39, 0.29) is 0 Å². The van der Waals surface area contributed by atoms with E-state index in [2.05, 4.69) is 23.7 Å². The minimum absolute atomic E-state index is 0.988. The fraction of sp³-hybridized carbons (Fsp3) is 1.00. The van der Waals surface area contributed by atoms with Gasteiger partial charge in [0.15, 0.2) is 0 Å². The molecule has 6 nitrogen and oxygen atoms in total. The molecule has 0 aromatic heterocycles. The van der Waals surface area contributed by atoms with Crippen molar-refractivity contribution in [1.29, 1.82) is 0 Å². The smallest absolute Gasteiger partial charge is 0.334 e. The molecule has 0 bridgehead atoms. The summed E-state index contributed by atoms with van der Waals surface area (Å²) in [5, 5.41) is 6.89.